The zero-order valence-electron chi connectivity index (χ0n) is 10.0. The topological polar surface area (TPSA) is 47.6 Å². The van der Waals surface area contributed by atoms with Crippen molar-refractivity contribution in [3.8, 4) is 5.75 Å². The fraction of sp³-hybridized carbons (Fsp3) is 0.417. The Morgan fingerprint density at radius 2 is 2.00 bits per heavy atom. The molecule has 16 heavy (non-hydrogen) atoms. The van der Waals surface area contributed by atoms with Crippen molar-refractivity contribution in [2.75, 3.05) is 19.5 Å². The predicted molar refractivity (Wildman–Crippen MR) is 63.1 cm³/mol. The summed E-state index contributed by atoms with van der Waals surface area (Å²) in [5.74, 6) is 1.15. The fourth-order valence-electron chi connectivity index (χ4n) is 1.43. The van der Waals surface area contributed by atoms with E-state index in [0.29, 0.717) is 11.6 Å². The number of amides is 1. The van der Waals surface area contributed by atoms with E-state index in [2.05, 4.69) is 23.9 Å². The van der Waals surface area contributed by atoms with Gasteiger partial charge in [-0.2, -0.15) is 0 Å². The van der Waals surface area contributed by atoms with E-state index in [-0.39, 0.29) is 0 Å². The largest absolute Gasteiger partial charge is 0.496 e. The molecule has 1 amide bonds. The molecule has 1 rings (SSSR count). The van der Waals surface area contributed by atoms with E-state index in [1.807, 2.05) is 12.1 Å². The highest BCUT2D eigenvalue weighted by atomic mass is 16.5. The number of carbonyl (C=O) groups is 1. The predicted octanol–water partition coefficient (Wildman–Crippen LogP) is 3.00. The third-order valence-electron chi connectivity index (χ3n) is 2.28. The Kier molecular flexibility index (Phi) is 4.17. The standard InChI is InChI=1S/C12H17NO3/c1-8(2)10-7-9(13-12(14)16-4)5-6-11(10)15-3/h5-8H,1-4H3,(H,13,14). The average molecular weight is 223 g/mol. The summed E-state index contributed by atoms with van der Waals surface area (Å²) in [4.78, 5) is 11.1. The Morgan fingerprint density at radius 3 is 2.50 bits per heavy atom. The molecular weight excluding hydrogens is 206 g/mol. The van der Waals surface area contributed by atoms with Gasteiger partial charge in [0.2, 0.25) is 0 Å². The van der Waals surface area contributed by atoms with E-state index >= 15 is 0 Å². The molecule has 1 N–H and O–H groups in total. The summed E-state index contributed by atoms with van der Waals surface area (Å²) in [6, 6.07) is 5.50. The lowest BCUT2D eigenvalue weighted by molar-refractivity contribution is 0.187. The van der Waals surface area contributed by atoms with Gasteiger partial charge in [0.1, 0.15) is 5.75 Å². The monoisotopic (exact) mass is 223 g/mol. The smallest absolute Gasteiger partial charge is 0.411 e. The first-order valence-corrected chi connectivity index (χ1v) is 5.11. The molecule has 0 unspecified atom stereocenters. The van der Waals surface area contributed by atoms with Gasteiger partial charge in [0.15, 0.2) is 0 Å². The third-order valence-corrected chi connectivity index (χ3v) is 2.28. The molecule has 0 radical (unpaired) electrons. The summed E-state index contributed by atoms with van der Waals surface area (Å²) in [6.07, 6.45) is -0.472. The molecule has 4 nitrogen and oxygen atoms in total. The number of nitrogens with one attached hydrogen (secondary N) is 1. The molecule has 0 heterocycles. The minimum Gasteiger partial charge on any atom is -0.496 e. The second kappa shape index (κ2) is 5.39. The highest BCUT2D eigenvalue weighted by Crippen LogP contribution is 2.29. The van der Waals surface area contributed by atoms with Gasteiger partial charge in [-0.15, -0.1) is 0 Å². The van der Waals surface area contributed by atoms with Gasteiger partial charge < -0.3 is 9.47 Å². The van der Waals surface area contributed by atoms with Crippen LogP contribution in [0.25, 0.3) is 0 Å². The highest BCUT2D eigenvalue weighted by Gasteiger charge is 2.09. The van der Waals surface area contributed by atoms with E-state index in [1.54, 1.807) is 13.2 Å². The quantitative estimate of drug-likeness (QED) is 0.856. The van der Waals surface area contributed by atoms with Crippen molar-refractivity contribution in [2.45, 2.75) is 19.8 Å². The van der Waals surface area contributed by atoms with Crippen LogP contribution in [0.1, 0.15) is 25.3 Å². The normalized spacial score (nSPS) is 10.1. The Morgan fingerprint density at radius 1 is 1.31 bits per heavy atom. The van der Waals surface area contributed by atoms with Crippen LogP contribution < -0.4 is 10.1 Å². The first kappa shape index (κ1) is 12.4. The Balaban J connectivity index is 2.97. The lowest BCUT2D eigenvalue weighted by Gasteiger charge is -2.13. The third kappa shape index (κ3) is 2.89. The maximum absolute atomic E-state index is 11.1. The van der Waals surface area contributed by atoms with Crippen LogP contribution in [0.15, 0.2) is 18.2 Å². The summed E-state index contributed by atoms with van der Waals surface area (Å²) in [6.45, 7) is 4.14. The van der Waals surface area contributed by atoms with Crippen LogP contribution in [0.3, 0.4) is 0 Å². The van der Waals surface area contributed by atoms with Gasteiger partial charge in [0, 0.05) is 5.69 Å². The Bertz CT molecular complexity index is 375. The van der Waals surface area contributed by atoms with Crippen molar-refractivity contribution in [3.63, 3.8) is 0 Å². The Hall–Kier alpha value is -1.71. The van der Waals surface area contributed by atoms with Gasteiger partial charge in [0.25, 0.3) is 0 Å². The van der Waals surface area contributed by atoms with Crippen LogP contribution in [-0.4, -0.2) is 20.3 Å². The molecule has 0 bridgehead atoms. The molecule has 0 fully saturated rings. The summed E-state index contributed by atoms with van der Waals surface area (Å²) in [5.41, 5.74) is 1.76. The molecule has 0 aliphatic rings. The highest BCUT2D eigenvalue weighted by molar-refractivity contribution is 5.84. The summed E-state index contributed by atoms with van der Waals surface area (Å²) < 4.78 is 9.78. The average Bonchev–Trinajstić information content (AvgIpc) is 2.28. The maximum atomic E-state index is 11.1. The van der Waals surface area contributed by atoms with Crippen molar-refractivity contribution in [1.29, 1.82) is 0 Å². The van der Waals surface area contributed by atoms with Crippen LogP contribution >= 0.6 is 0 Å². The second-order valence-corrected chi connectivity index (χ2v) is 3.73. The second-order valence-electron chi connectivity index (χ2n) is 3.73. The summed E-state index contributed by atoms with van der Waals surface area (Å²) in [7, 11) is 2.97. The molecule has 0 saturated heterocycles. The molecule has 0 spiro atoms. The zero-order chi connectivity index (χ0) is 12.1. The molecule has 4 heteroatoms. The fourth-order valence-corrected chi connectivity index (χ4v) is 1.43. The van der Waals surface area contributed by atoms with Crippen molar-refractivity contribution < 1.29 is 14.3 Å². The molecule has 0 aliphatic carbocycles. The Labute approximate surface area is 95.6 Å². The van der Waals surface area contributed by atoms with Gasteiger partial charge in [-0.3, -0.25) is 5.32 Å². The number of ether oxygens (including phenoxy) is 2. The van der Waals surface area contributed by atoms with E-state index in [1.165, 1.54) is 7.11 Å². The molecule has 0 atom stereocenters. The van der Waals surface area contributed by atoms with E-state index < -0.39 is 6.09 Å². The molecule has 0 aliphatic heterocycles. The van der Waals surface area contributed by atoms with E-state index in [9.17, 15) is 4.79 Å². The van der Waals surface area contributed by atoms with E-state index in [0.717, 1.165) is 11.3 Å². The van der Waals surface area contributed by atoms with Crippen LogP contribution in [0, 0.1) is 0 Å². The van der Waals surface area contributed by atoms with Gasteiger partial charge in [-0.1, -0.05) is 13.8 Å². The molecular formula is C12H17NO3. The number of benzene rings is 1. The van der Waals surface area contributed by atoms with Crippen molar-refractivity contribution >= 4 is 11.8 Å². The van der Waals surface area contributed by atoms with Gasteiger partial charge in [-0.05, 0) is 29.7 Å². The lowest BCUT2D eigenvalue weighted by atomic mass is 10.0. The summed E-state index contributed by atoms with van der Waals surface area (Å²) >= 11 is 0. The van der Waals surface area contributed by atoms with Crippen molar-refractivity contribution in [3.05, 3.63) is 23.8 Å². The first-order valence-electron chi connectivity index (χ1n) is 5.11. The van der Waals surface area contributed by atoms with Crippen LogP contribution in [-0.2, 0) is 4.74 Å². The van der Waals surface area contributed by atoms with Gasteiger partial charge >= 0.3 is 6.09 Å². The molecule has 88 valence electrons. The minimum absolute atomic E-state index is 0.328. The van der Waals surface area contributed by atoms with Crippen molar-refractivity contribution in [2.24, 2.45) is 0 Å². The van der Waals surface area contributed by atoms with Gasteiger partial charge in [0.05, 0.1) is 14.2 Å². The lowest BCUT2D eigenvalue weighted by Crippen LogP contribution is -2.11. The van der Waals surface area contributed by atoms with Crippen molar-refractivity contribution in [1.82, 2.24) is 0 Å². The molecule has 1 aromatic carbocycles. The SMILES string of the molecule is COC(=O)Nc1ccc(OC)c(C(C)C)c1. The molecule has 1 aromatic rings. The number of carbonyl (C=O) groups excluding carboxylic acids is 1. The van der Waals surface area contributed by atoms with Gasteiger partial charge in [-0.25, -0.2) is 4.79 Å². The van der Waals surface area contributed by atoms with Crippen LogP contribution in [0.2, 0.25) is 0 Å². The molecule has 0 aromatic heterocycles. The number of anilines is 1. The number of hydrogen-bond acceptors (Lipinski definition) is 3. The van der Waals surface area contributed by atoms with Crippen LogP contribution in [0.4, 0.5) is 10.5 Å². The zero-order valence-corrected chi connectivity index (χ0v) is 10.0. The number of methoxy groups -OCH3 is 2. The first-order chi connectivity index (χ1) is 7.58. The number of rotatable bonds is 3. The number of hydrogen-bond donors (Lipinski definition) is 1. The van der Waals surface area contributed by atoms with E-state index in [4.69, 9.17) is 4.74 Å². The molecule has 0 saturated carbocycles. The maximum Gasteiger partial charge on any atom is 0.411 e. The minimum atomic E-state index is -0.472. The summed E-state index contributed by atoms with van der Waals surface area (Å²) in [5, 5.41) is 2.62. The van der Waals surface area contributed by atoms with Crippen LogP contribution in [0.5, 0.6) is 5.75 Å².